The van der Waals surface area contributed by atoms with Crippen molar-refractivity contribution in [2.24, 2.45) is 0 Å². The van der Waals surface area contributed by atoms with E-state index in [0.717, 1.165) is 36.2 Å². The number of thioether (sulfide) groups is 1. The molecule has 14 heteroatoms. The molecular weight excluding hydrogens is 471 g/mol. The zero-order chi connectivity index (χ0) is 23.0. The highest BCUT2D eigenvalue weighted by atomic mass is 35.5. The lowest BCUT2D eigenvalue weighted by Crippen LogP contribution is -2.36. The van der Waals surface area contributed by atoms with Gasteiger partial charge in [0.2, 0.25) is 5.75 Å². The summed E-state index contributed by atoms with van der Waals surface area (Å²) in [6.45, 7) is 0. The number of benzene rings is 1. The van der Waals surface area contributed by atoms with Crippen LogP contribution in [0.2, 0.25) is 5.02 Å². The molecule has 0 aliphatic rings. The van der Waals surface area contributed by atoms with Crippen LogP contribution in [0.15, 0.2) is 40.4 Å². The van der Waals surface area contributed by atoms with Crippen LogP contribution in [-0.2, 0) is 5.92 Å². The van der Waals surface area contributed by atoms with E-state index in [1.807, 2.05) is 0 Å². The standard InChI is InChI=1S/C17H10ClF5N4O3S/c1-31-15-10(24-4-5-25-15)13-26-12(16(19,20)17(21,22)23)11(14(29)27-13)30-7-2-3-9(28)8(18)6-7/h2-6,28H,1H3,(H,26,27,29). The van der Waals surface area contributed by atoms with Gasteiger partial charge >= 0.3 is 12.1 Å². The summed E-state index contributed by atoms with van der Waals surface area (Å²) in [5, 5.41) is 9.26. The number of aromatic nitrogens is 4. The lowest BCUT2D eigenvalue weighted by Gasteiger charge is -2.21. The van der Waals surface area contributed by atoms with Gasteiger partial charge in [-0.25, -0.2) is 15.0 Å². The molecule has 0 spiro atoms. The summed E-state index contributed by atoms with van der Waals surface area (Å²) in [7, 11) is 0. The number of aromatic hydroxyl groups is 1. The first kappa shape index (κ1) is 22.7. The average molecular weight is 481 g/mol. The number of alkyl halides is 5. The summed E-state index contributed by atoms with van der Waals surface area (Å²) in [4.78, 5) is 25.7. The zero-order valence-electron chi connectivity index (χ0n) is 15.2. The molecular formula is C17H10ClF5N4O3S. The SMILES string of the molecule is CSc1nccnc1-c1nc(C(F)(F)C(F)(F)F)c(Oc2ccc(O)c(Cl)c2)c(=O)[nH]1. The van der Waals surface area contributed by atoms with E-state index in [2.05, 4.69) is 19.9 Å². The quantitative estimate of drug-likeness (QED) is 0.401. The molecule has 0 aliphatic heterocycles. The van der Waals surface area contributed by atoms with E-state index in [1.54, 1.807) is 6.26 Å². The smallest absolute Gasteiger partial charge is 0.459 e. The highest BCUT2D eigenvalue weighted by Gasteiger charge is 2.62. The van der Waals surface area contributed by atoms with E-state index in [4.69, 9.17) is 16.3 Å². The maximum atomic E-state index is 14.3. The van der Waals surface area contributed by atoms with Gasteiger partial charge in [-0.3, -0.25) is 4.79 Å². The second-order valence-corrected chi connectivity index (χ2v) is 7.00. The minimum atomic E-state index is -6.08. The molecule has 0 amide bonds. The number of aromatic amines is 1. The van der Waals surface area contributed by atoms with Gasteiger partial charge in [-0.15, -0.1) is 11.8 Å². The number of hydrogen-bond acceptors (Lipinski definition) is 7. The second-order valence-electron chi connectivity index (χ2n) is 5.79. The minimum Gasteiger partial charge on any atom is -0.506 e. The molecule has 164 valence electrons. The van der Waals surface area contributed by atoms with Crippen molar-refractivity contribution in [1.29, 1.82) is 0 Å². The molecule has 3 aromatic rings. The topological polar surface area (TPSA) is 101 Å². The Balaban J connectivity index is 2.25. The number of phenolic OH excluding ortho intramolecular Hbond substituents is 1. The van der Waals surface area contributed by atoms with Crippen molar-refractivity contribution in [3.8, 4) is 28.8 Å². The number of phenols is 1. The second kappa shape index (κ2) is 8.30. The molecule has 2 aromatic heterocycles. The van der Waals surface area contributed by atoms with Crippen molar-refractivity contribution in [1.82, 2.24) is 19.9 Å². The summed E-state index contributed by atoms with van der Waals surface area (Å²) in [5.41, 5.74) is -3.60. The first-order valence-corrected chi connectivity index (χ1v) is 9.67. The molecule has 7 nitrogen and oxygen atoms in total. The fourth-order valence-corrected chi connectivity index (χ4v) is 3.00. The number of hydrogen-bond donors (Lipinski definition) is 2. The van der Waals surface area contributed by atoms with Crippen LogP contribution >= 0.6 is 23.4 Å². The number of H-pyrrole nitrogens is 1. The Hall–Kier alpha value is -2.93. The maximum Gasteiger partial charge on any atom is 0.459 e. The highest BCUT2D eigenvalue weighted by Crippen LogP contribution is 2.46. The Labute approximate surface area is 179 Å². The lowest BCUT2D eigenvalue weighted by molar-refractivity contribution is -0.291. The summed E-state index contributed by atoms with van der Waals surface area (Å²) >= 11 is 6.69. The molecule has 0 radical (unpaired) electrons. The van der Waals surface area contributed by atoms with Crippen LogP contribution in [-0.4, -0.2) is 37.5 Å². The van der Waals surface area contributed by atoms with Crippen LogP contribution in [0.1, 0.15) is 5.69 Å². The largest absolute Gasteiger partial charge is 0.506 e. The third-order valence-corrected chi connectivity index (χ3v) is 4.74. The summed E-state index contributed by atoms with van der Waals surface area (Å²) in [6, 6.07) is 2.94. The van der Waals surface area contributed by atoms with Crippen LogP contribution in [0.5, 0.6) is 17.2 Å². The van der Waals surface area contributed by atoms with Gasteiger partial charge in [-0.1, -0.05) is 11.6 Å². The van der Waals surface area contributed by atoms with Crippen LogP contribution in [0.4, 0.5) is 22.0 Å². The molecule has 0 fully saturated rings. The predicted octanol–water partition coefficient (Wildman–Crippen LogP) is 4.75. The van der Waals surface area contributed by atoms with Gasteiger partial charge in [0.05, 0.1) is 5.02 Å². The Bertz CT molecular complexity index is 1190. The first-order chi connectivity index (χ1) is 14.5. The van der Waals surface area contributed by atoms with Gasteiger partial charge in [0.15, 0.2) is 11.5 Å². The number of halogens is 6. The summed E-state index contributed by atoms with van der Waals surface area (Å²) in [6.07, 6.45) is -2.10. The van der Waals surface area contributed by atoms with Crippen molar-refractivity contribution in [3.05, 3.63) is 51.7 Å². The van der Waals surface area contributed by atoms with E-state index in [0.29, 0.717) is 0 Å². The molecule has 0 saturated heterocycles. The van der Waals surface area contributed by atoms with E-state index in [9.17, 15) is 31.9 Å². The molecule has 31 heavy (non-hydrogen) atoms. The number of rotatable bonds is 5. The van der Waals surface area contributed by atoms with E-state index in [-0.39, 0.29) is 21.5 Å². The summed E-state index contributed by atoms with van der Waals surface area (Å²) in [5.74, 6) is -8.39. The molecule has 0 saturated carbocycles. The van der Waals surface area contributed by atoms with Gasteiger partial charge in [0.1, 0.15) is 22.2 Å². The molecule has 2 N–H and O–H groups in total. The Morgan fingerprint density at radius 3 is 2.45 bits per heavy atom. The first-order valence-electron chi connectivity index (χ1n) is 8.06. The van der Waals surface area contributed by atoms with Gasteiger partial charge in [-0.2, -0.15) is 22.0 Å². The molecule has 0 aliphatic carbocycles. The number of ether oxygens (including phenoxy) is 1. The number of nitrogens with one attached hydrogen (secondary N) is 1. The molecule has 0 bridgehead atoms. The monoisotopic (exact) mass is 480 g/mol. The van der Waals surface area contributed by atoms with Crippen LogP contribution in [0.25, 0.3) is 11.5 Å². The van der Waals surface area contributed by atoms with Crippen molar-refractivity contribution in [3.63, 3.8) is 0 Å². The fourth-order valence-electron chi connectivity index (χ4n) is 2.32. The predicted molar refractivity (Wildman–Crippen MR) is 101 cm³/mol. The minimum absolute atomic E-state index is 0.130. The molecule has 0 unspecified atom stereocenters. The van der Waals surface area contributed by atoms with Crippen LogP contribution < -0.4 is 10.3 Å². The van der Waals surface area contributed by atoms with E-state index in [1.165, 1.54) is 6.20 Å². The molecule has 3 rings (SSSR count). The van der Waals surface area contributed by atoms with E-state index < -0.39 is 40.7 Å². The third-order valence-electron chi connectivity index (χ3n) is 3.75. The fraction of sp³-hybridized carbons (Fsp3) is 0.176. The normalized spacial score (nSPS) is 12.1. The average Bonchev–Trinajstić information content (AvgIpc) is 2.71. The van der Waals surface area contributed by atoms with Crippen molar-refractivity contribution in [2.75, 3.05) is 6.26 Å². The van der Waals surface area contributed by atoms with Crippen molar-refractivity contribution in [2.45, 2.75) is 17.1 Å². The van der Waals surface area contributed by atoms with E-state index >= 15 is 0 Å². The lowest BCUT2D eigenvalue weighted by atomic mass is 10.2. The molecule has 2 heterocycles. The highest BCUT2D eigenvalue weighted by molar-refractivity contribution is 7.98. The maximum absolute atomic E-state index is 14.3. The molecule has 1 aromatic carbocycles. The van der Waals surface area contributed by atoms with Crippen LogP contribution in [0, 0.1) is 0 Å². The van der Waals surface area contributed by atoms with Crippen molar-refractivity contribution < 1.29 is 31.8 Å². The zero-order valence-corrected chi connectivity index (χ0v) is 16.7. The van der Waals surface area contributed by atoms with Crippen LogP contribution in [0.3, 0.4) is 0 Å². The number of nitrogens with zero attached hydrogens (tertiary/aromatic N) is 3. The van der Waals surface area contributed by atoms with Gasteiger partial charge in [0, 0.05) is 18.5 Å². The van der Waals surface area contributed by atoms with Gasteiger partial charge in [0.25, 0.3) is 5.56 Å². The van der Waals surface area contributed by atoms with Gasteiger partial charge in [-0.05, 0) is 18.4 Å². The van der Waals surface area contributed by atoms with Crippen molar-refractivity contribution >= 4 is 23.4 Å². The third kappa shape index (κ3) is 4.42. The Morgan fingerprint density at radius 1 is 1.16 bits per heavy atom. The molecule has 0 atom stereocenters. The Kier molecular flexibility index (Phi) is 6.09. The van der Waals surface area contributed by atoms with Gasteiger partial charge < -0.3 is 14.8 Å². The Morgan fingerprint density at radius 2 is 1.84 bits per heavy atom. The summed E-state index contributed by atoms with van der Waals surface area (Å²) < 4.78 is 72.9.